The summed E-state index contributed by atoms with van der Waals surface area (Å²) in [4.78, 5) is 24.3. The van der Waals surface area contributed by atoms with E-state index in [1.165, 1.54) is 14.0 Å². The number of hydrogen-bond acceptors (Lipinski definition) is 8. The number of carbonyl (C=O) groups is 2. The van der Waals surface area contributed by atoms with E-state index in [1.807, 2.05) is 13.8 Å². The van der Waals surface area contributed by atoms with Gasteiger partial charge in [0.1, 0.15) is 12.2 Å². The summed E-state index contributed by atoms with van der Waals surface area (Å²) in [5.74, 6) is -2.09. The Morgan fingerprint density at radius 1 is 1.38 bits per heavy atom. The normalized spacial score (nSPS) is 29.7. The average molecular weight is 412 g/mol. The second-order valence-corrected chi connectivity index (χ2v) is 7.60. The van der Waals surface area contributed by atoms with Crippen LogP contribution in [0.15, 0.2) is 24.0 Å². The quantitative estimate of drug-likeness (QED) is 0.444. The van der Waals surface area contributed by atoms with Crippen molar-refractivity contribution in [3.8, 4) is 0 Å². The first-order valence-electron chi connectivity index (χ1n) is 9.84. The van der Waals surface area contributed by atoms with E-state index < -0.39 is 42.1 Å². The molecule has 2 aliphatic heterocycles. The summed E-state index contributed by atoms with van der Waals surface area (Å²) in [6, 6.07) is 0. The maximum Gasteiger partial charge on any atom is 0.373 e. The van der Waals surface area contributed by atoms with Gasteiger partial charge in [0.25, 0.3) is 0 Å². The first-order valence-corrected chi connectivity index (χ1v) is 9.84. The summed E-state index contributed by atoms with van der Waals surface area (Å²) in [5, 5.41) is 0. The van der Waals surface area contributed by atoms with Gasteiger partial charge >= 0.3 is 11.9 Å². The van der Waals surface area contributed by atoms with Gasteiger partial charge in [0.05, 0.1) is 19.8 Å². The minimum Gasteiger partial charge on any atom is -0.479 e. The Kier molecular flexibility index (Phi) is 7.85. The molecule has 0 unspecified atom stereocenters. The molecule has 0 N–H and O–H groups in total. The van der Waals surface area contributed by atoms with Gasteiger partial charge in [-0.3, -0.25) is 4.79 Å². The van der Waals surface area contributed by atoms with Crippen molar-refractivity contribution in [2.45, 2.75) is 71.2 Å². The maximum absolute atomic E-state index is 12.5. The second kappa shape index (κ2) is 9.73. The number of hydrogen-bond donors (Lipinski definition) is 0. The Bertz CT molecular complexity index is 653. The molecule has 2 aliphatic rings. The lowest BCUT2D eigenvalue weighted by molar-refractivity contribution is -0.194. The number of allylic oxidation sites excluding steroid dienone is 1. The van der Waals surface area contributed by atoms with Crippen LogP contribution in [0.2, 0.25) is 0 Å². The molecule has 0 aromatic carbocycles. The summed E-state index contributed by atoms with van der Waals surface area (Å²) in [6.07, 6.45) is -0.387. The van der Waals surface area contributed by atoms with Crippen molar-refractivity contribution < 1.29 is 38.0 Å². The number of rotatable bonds is 8. The molecule has 0 aromatic heterocycles. The van der Waals surface area contributed by atoms with E-state index in [-0.39, 0.29) is 18.3 Å². The third-order valence-electron chi connectivity index (χ3n) is 4.99. The van der Waals surface area contributed by atoms with Crippen LogP contribution in [0.3, 0.4) is 0 Å². The Balaban J connectivity index is 2.46. The molecular formula is C21H32O8. The Labute approximate surface area is 172 Å². The van der Waals surface area contributed by atoms with E-state index in [4.69, 9.17) is 28.4 Å². The molecule has 5 atom stereocenters. The van der Waals surface area contributed by atoms with Crippen LogP contribution < -0.4 is 0 Å². The van der Waals surface area contributed by atoms with Crippen LogP contribution in [-0.4, -0.2) is 62.5 Å². The lowest BCUT2D eigenvalue weighted by Crippen LogP contribution is -2.53. The molecule has 1 saturated heterocycles. The van der Waals surface area contributed by atoms with Crippen molar-refractivity contribution in [3.05, 3.63) is 24.0 Å². The molecule has 0 bridgehead atoms. The zero-order chi connectivity index (χ0) is 21.8. The number of ether oxygens (including phenoxy) is 6. The fraction of sp³-hybridized carbons (Fsp3) is 0.714. The predicted octanol–water partition coefficient (Wildman–Crippen LogP) is 2.51. The monoisotopic (exact) mass is 412 g/mol. The number of methoxy groups -OCH3 is 1. The number of carbonyl (C=O) groups excluding carboxylic acids is 2. The summed E-state index contributed by atoms with van der Waals surface area (Å²) in [7, 11) is 1.28. The van der Waals surface area contributed by atoms with Gasteiger partial charge in [-0.1, -0.05) is 13.0 Å². The van der Waals surface area contributed by atoms with E-state index in [1.54, 1.807) is 19.9 Å². The molecule has 8 heteroatoms. The highest BCUT2D eigenvalue weighted by Crippen LogP contribution is 2.38. The van der Waals surface area contributed by atoms with Gasteiger partial charge in [-0.05, 0) is 27.2 Å². The third-order valence-corrected chi connectivity index (χ3v) is 4.99. The van der Waals surface area contributed by atoms with E-state index in [0.29, 0.717) is 18.6 Å². The van der Waals surface area contributed by atoms with Crippen LogP contribution in [-0.2, 0) is 38.0 Å². The first-order chi connectivity index (χ1) is 13.6. The van der Waals surface area contributed by atoms with Crippen molar-refractivity contribution in [2.24, 2.45) is 5.92 Å². The standard InChI is InChI=1S/C21H32O8/c1-8-10-14-16(25-9-2)12(3)17(28-18(14)20(23)24-7)19(27-13(4)22)15-11-26-21(5,6)29-15/h8,12,15-17,19H,1,9-11H2,2-7H3/t12-,15-,16-,17-,19-/m1/s1. The van der Waals surface area contributed by atoms with Gasteiger partial charge in [0.2, 0.25) is 5.76 Å². The van der Waals surface area contributed by atoms with Gasteiger partial charge in [-0.25, -0.2) is 4.79 Å². The molecular weight excluding hydrogens is 380 g/mol. The molecule has 1 fully saturated rings. The molecule has 8 nitrogen and oxygen atoms in total. The molecule has 2 heterocycles. The Morgan fingerprint density at radius 2 is 2.07 bits per heavy atom. The summed E-state index contributed by atoms with van der Waals surface area (Å²) >= 11 is 0. The van der Waals surface area contributed by atoms with Crippen LogP contribution in [0.5, 0.6) is 0 Å². The van der Waals surface area contributed by atoms with Crippen molar-refractivity contribution in [2.75, 3.05) is 20.3 Å². The average Bonchev–Trinajstić information content (AvgIpc) is 3.02. The maximum atomic E-state index is 12.5. The van der Waals surface area contributed by atoms with E-state index in [0.717, 1.165) is 0 Å². The second-order valence-electron chi connectivity index (χ2n) is 7.60. The molecule has 0 radical (unpaired) electrons. The smallest absolute Gasteiger partial charge is 0.373 e. The van der Waals surface area contributed by atoms with E-state index in [9.17, 15) is 9.59 Å². The Morgan fingerprint density at radius 3 is 2.55 bits per heavy atom. The highest BCUT2D eigenvalue weighted by Gasteiger charge is 2.50. The fourth-order valence-electron chi connectivity index (χ4n) is 3.80. The van der Waals surface area contributed by atoms with Crippen LogP contribution in [0, 0.1) is 5.92 Å². The zero-order valence-electron chi connectivity index (χ0n) is 18.1. The molecule has 0 amide bonds. The molecule has 0 spiro atoms. The molecule has 0 saturated carbocycles. The molecule has 0 aromatic rings. The van der Waals surface area contributed by atoms with Gasteiger partial charge in [0, 0.05) is 25.0 Å². The van der Waals surface area contributed by atoms with Crippen LogP contribution in [0.4, 0.5) is 0 Å². The fourth-order valence-corrected chi connectivity index (χ4v) is 3.80. The summed E-state index contributed by atoms with van der Waals surface area (Å²) < 4.78 is 34.2. The summed E-state index contributed by atoms with van der Waals surface area (Å²) in [6.45, 7) is 13.1. The minimum absolute atomic E-state index is 0.0595. The lowest BCUT2D eigenvalue weighted by atomic mass is 9.83. The van der Waals surface area contributed by atoms with Crippen molar-refractivity contribution >= 4 is 11.9 Å². The highest BCUT2D eigenvalue weighted by atomic mass is 16.8. The van der Waals surface area contributed by atoms with Crippen LogP contribution in [0.1, 0.15) is 41.0 Å². The van der Waals surface area contributed by atoms with Gasteiger partial charge in [-0.2, -0.15) is 0 Å². The van der Waals surface area contributed by atoms with Crippen molar-refractivity contribution in [3.63, 3.8) is 0 Å². The number of esters is 2. The minimum atomic E-state index is -0.810. The SMILES string of the molecule is C=CCC1=C(C(=O)OC)O[C@@H]([C@H](OC(C)=O)[C@H]2COC(C)(C)O2)[C@H](C)[C@H]1OCC. The third kappa shape index (κ3) is 5.38. The largest absolute Gasteiger partial charge is 0.479 e. The van der Waals surface area contributed by atoms with E-state index in [2.05, 4.69) is 6.58 Å². The molecule has 164 valence electrons. The van der Waals surface area contributed by atoms with Gasteiger partial charge < -0.3 is 28.4 Å². The van der Waals surface area contributed by atoms with E-state index >= 15 is 0 Å². The molecule has 0 aliphatic carbocycles. The van der Waals surface area contributed by atoms with Crippen molar-refractivity contribution in [1.82, 2.24) is 0 Å². The van der Waals surface area contributed by atoms with Gasteiger partial charge in [-0.15, -0.1) is 6.58 Å². The van der Waals surface area contributed by atoms with Crippen LogP contribution >= 0.6 is 0 Å². The highest BCUT2D eigenvalue weighted by molar-refractivity contribution is 5.87. The first kappa shape index (κ1) is 23.4. The zero-order valence-corrected chi connectivity index (χ0v) is 18.1. The topological polar surface area (TPSA) is 89.5 Å². The predicted molar refractivity (Wildman–Crippen MR) is 104 cm³/mol. The van der Waals surface area contributed by atoms with Crippen molar-refractivity contribution in [1.29, 1.82) is 0 Å². The molecule has 2 rings (SSSR count). The Hall–Kier alpha value is -1.90. The lowest BCUT2D eigenvalue weighted by Gasteiger charge is -2.42. The van der Waals surface area contributed by atoms with Gasteiger partial charge in [0.15, 0.2) is 11.9 Å². The summed E-state index contributed by atoms with van der Waals surface area (Å²) in [5.41, 5.74) is 0.656. The van der Waals surface area contributed by atoms with Crippen LogP contribution in [0.25, 0.3) is 0 Å². The molecule has 29 heavy (non-hydrogen) atoms.